The minimum Gasteiger partial charge on any atom is -0.487 e. The molecule has 0 bridgehead atoms. The molecular weight excluding hydrogens is 539 g/mol. The van der Waals surface area contributed by atoms with Gasteiger partial charge in [-0.05, 0) is 54.8 Å². The van der Waals surface area contributed by atoms with Crippen LogP contribution in [0.3, 0.4) is 0 Å². The highest BCUT2D eigenvalue weighted by Gasteiger charge is 2.31. The number of nitro groups is 1. The molecule has 12 heteroatoms. The van der Waals surface area contributed by atoms with Crippen molar-refractivity contribution in [2.45, 2.75) is 32.9 Å². The van der Waals surface area contributed by atoms with Gasteiger partial charge < -0.3 is 19.7 Å². The predicted molar refractivity (Wildman–Crippen MR) is 144 cm³/mol. The minimum atomic E-state index is -4.52. The zero-order valence-electron chi connectivity index (χ0n) is 22.0. The van der Waals surface area contributed by atoms with E-state index < -0.39 is 16.7 Å². The number of nitro benzene ring substituents is 1. The number of amides is 2. The summed E-state index contributed by atoms with van der Waals surface area (Å²) in [5.74, 6) is 0.637. The second-order valence-electron chi connectivity index (χ2n) is 8.67. The van der Waals surface area contributed by atoms with Gasteiger partial charge in [0.2, 0.25) is 5.75 Å². The zero-order valence-corrected chi connectivity index (χ0v) is 22.8. The van der Waals surface area contributed by atoms with Gasteiger partial charge in [-0.3, -0.25) is 10.1 Å². The van der Waals surface area contributed by atoms with Crippen molar-refractivity contribution in [2.24, 2.45) is 0 Å². The van der Waals surface area contributed by atoms with Crippen LogP contribution in [0.5, 0.6) is 17.2 Å². The number of carbonyl (C=O) groups is 1. The van der Waals surface area contributed by atoms with E-state index in [0.717, 1.165) is 23.9 Å². The van der Waals surface area contributed by atoms with Crippen LogP contribution in [-0.2, 0) is 6.18 Å². The third-order valence-electron chi connectivity index (χ3n) is 5.15. The van der Waals surface area contributed by atoms with E-state index in [-0.39, 0.29) is 40.6 Å². The van der Waals surface area contributed by atoms with Gasteiger partial charge in [0.25, 0.3) is 0 Å². The molecule has 39 heavy (non-hydrogen) atoms. The van der Waals surface area contributed by atoms with Crippen molar-refractivity contribution in [3.63, 3.8) is 0 Å². The highest BCUT2D eigenvalue weighted by molar-refractivity contribution is 6.32. The number of ether oxygens (including phenoxy) is 2. The number of nitrogens with one attached hydrogen (secondary N) is 1. The Labute approximate surface area is 229 Å². The Morgan fingerprint density at radius 1 is 1.05 bits per heavy atom. The summed E-state index contributed by atoms with van der Waals surface area (Å²) >= 11 is 5.80. The van der Waals surface area contributed by atoms with Gasteiger partial charge in [0.1, 0.15) is 11.5 Å². The second kappa shape index (κ2) is 13.7. The number of alkyl halides is 3. The largest absolute Gasteiger partial charge is 0.487 e. The third kappa shape index (κ3) is 9.36. The Morgan fingerprint density at radius 3 is 2.18 bits per heavy atom. The molecule has 8 nitrogen and oxygen atoms in total. The summed E-state index contributed by atoms with van der Waals surface area (Å²) in [6.07, 6.45) is -4.52. The molecule has 0 aliphatic carbocycles. The molecule has 3 aromatic rings. The number of hydrogen-bond donors (Lipinski definition) is 1. The van der Waals surface area contributed by atoms with Gasteiger partial charge in [-0.25, -0.2) is 4.79 Å². The van der Waals surface area contributed by atoms with Crippen LogP contribution in [0.25, 0.3) is 0 Å². The van der Waals surface area contributed by atoms with Crippen molar-refractivity contribution in [3.8, 4) is 17.2 Å². The zero-order chi connectivity index (χ0) is 29.3. The lowest BCUT2D eigenvalue weighted by molar-refractivity contribution is -0.385. The maximum atomic E-state index is 12.6. The van der Waals surface area contributed by atoms with Gasteiger partial charge in [0, 0.05) is 31.9 Å². The van der Waals surface area contributed by atoms with Crippen molar-refractivity contribution < 1.29 is 32.4 Å². The average molecular weight is 568 g/mol. The minimum absolute atomic E-state index is 0.0111. The van der Waals surface area contributed by atoms with E-state index >= 15 is 0 Å². The smallest absolute Gasteiger partial charge is 0.416 e. The molecule has 0 aromatic heterocycles. The van der Waals surface area contributed by atoms with E-state index in [4.69, 9.17) is 21.1 Å². The van der Waals surface area contributed by atoms with Gasteiger partial charge in [-0.1, -0.05) is 37.6 Å². The second-order valence-corrected chi connectivity index (χ2v) is 9.07. The molecule has 0 heterocycles. The summed E-state index contributed by atoms with van der Waals surface area (Å²) in [6.45, 7) is 6.15. The summed E-state index contributed by atoms with van der Waals surface area (Å²) in [5.41, 5.74) is 0.956. The van der Waals surface area contributed by atoms with E-state index in [2.05, 4.69) is 19.2 Å². The molecule has 1 N–H and O–H groups in total. The molecular formula is C27H29ClF3N3O5. The van der Waals surface area contributed by atoms with Crippen LogP contribution in [0.4, 0.5) is 29.3 Å². The normalized spacial score (nSPS) is 10.8. The molecule has 0 spiro atoms. The number of anilines is 1. The van der Waals surface area contributed by atoms with E-state index in [1.807, 2.05) is 24.3 Å². The molecule has 2 amide bonds. The van der Waals surface area contributed by atoms with Crippen LogP contribution in [0.15, 0.2) is 60.7 Å². The molecule has 0 atom stereocenters. The van der Waals surface area contributed by atoms with Gasteiger partial charge in [-0.15, -0.1) is 0 Å². The maximum Gasteiger partial charge on any atom is 0.416 e. The van der Waals surface area contributed by atoms with Crippen LogP contribution >= 0.6 is 11.6 Å². The first-order valence-electron chi connectivity index (χ1n) is 11.8. The molecule has 3 aromatic carbocycles. The lowest BCUT2D eigenvalue weighted by atomic mass is 10.0. The van der Waals surface area contributed by atoms with Crippen LogP contribution in [-0.4, -0.2) is 36.6 Å². The summed E-state index contributed by atoms with van der Waals surface area (Å²) in [4.78, 5) is 23.2. The SMILES string of the molecule is CC(C)c1ccc(NC(=O)N(C)C)cc1.CCOc1cc(Oc2ccc(C(F)(F)F)cc2Cl)ccc1[N+](=O)[O-]. The molecule has 0 radical (unpaired) electrons. The Kier molecular flexibility index (Phi) is 11.0. The predicted octanol–water partition coefficient (Wildman–Crippen LogP) is 8.36. The molecule has 0 fully saturated rings. The Hall–Kier alpha value is -3.99. The molecule has 3 rings (SSSR count). The van der Waals surface area contributed by atoms with E-state index in [9.17, 15) is 28.1 Å². The van der Waals surface area contributed by atoms with Gasteiger partial charge in [-0.2, -0.15) is 13.2 Å². The number of benzene rings is 3. The third-order valence-corrected chi connectivity index (χ3v) is 5.44. The van der Waals surface area contributed by atoms with E-state index in [1.165, 1.54) is 28.7 Å². The summed E-state index contributed by atoms with van der Waals surface area (Å²) in [7, 11) is 3.44. The van der Waals surface area contributed by atoms with Crippen LogP contribution in [0.1, 0.15) is 37.8 Å². The Morgan fingerprint density at radius 2 is 1.69 bits per heavy atom. The van der Waals surface area contributed by atoms with Crippen molar-refractivity contribution >= 4 is 29.0 Å². The topological polar surface area (TPSA) is 93.9 Å². The van der Waals surface area contributed by atoms with E-state index in [0.29, 0.717) is 5.92 Å². The van der Waals surface area contributed by atoms with Gasteiger partial charge >= 0.3 is 17.9 Å². The molecule has 0 aliphatic heterocycles. The van der Waals surface area contributed by atoms with Gasteiger partial charge in [0.15, 0.2) is 0 Å². The number of halogens is 4. The first-order chi connectivity index (χ1) is 18.2. The average Bonchev–Trinajstić information content (AvgIpc) is 2.85. The number of nitrogens with zero attached hydrogens (tertiary/aromatic N) is 2. The fourth-order valence-corrected chi connectivity index (χ4v) is 3.27. The quantitative estimate of drug-likeness (QED) is 0.229. The molecule has 0 saturated heterocycles. The van der Waals surface area contributed by atoms with Crippen LogP contribution < -0.4 is 14.8 Å². The lowest BCUT2D eigenvalue weighted by Gasteiger charge is -2.12. The monoisotopic (exact) mass is 567 g/mol. The Bertz CT molecular complexity index is 1280. The fourth-order valence-electron chi connectivity index (χ4n) is 3.05. The molecule has 0 saturated carbocycles. The molecule has 210 valence electrons. The number of carbonyl (C=O) groups excluding carboxylic acids is 1. The first-order valence-corrected chi connectivity index (χ1v) is 12.1. The number of rotatable bonds is 7. The molecule has 0 unspecified atom stereocenters. The highest BCUT2D eigenvalue weighted by atomic mass is 35.5. The summed E-state index contributed by atoms with van der Waals surface area (Å²) in [6, 6.07) is 14.2. The number of urea groups is 1. The highest BCUT2D eigenvalue weighted by Crippen LogP contribution is 2.38. The molecule has 0 aliphatic rings. The first kappa shape index (κ1) is 31.2. The Balaban J connectivity index is 0.000000306. The van der Waals surface area contributed by atoms with Crippen molar-refractivity contribution in [1.82, 2.24) is 4.90 Å². The van der Waals surface area contributed by atoms with E-state index in [1.54, 1.807) is 21.0 Å². The summed E-state index contributed by atoms with van der Waals surface area (Å²) < 4.78 is 48.4. The van der Waals surface area contributed by atoms with Crippen molar-refractivity contribution in [2.75, 3.05) is 26.0 Å². The number of hydrogen-bond acceptors (Lipinski definition) is 5. The van der Waals surface area contributed by atoms with Crippen molar-refractivity contribution in [3.05, 3.63) is 86.9 Å². The fraction of sp³-hybridized carbons (Fsp3) is 0.296. The van der Waals surface area contributed by atoms with Crippen molar-refractivity contribution in [1.29, 1.82) is 0 Å². The van der Waals surface area contributed by atoms with Crippen LogP contribution in [0.2, 0.25) is 5.02 Å². The lowest BCUT2D eigenvalue weighted by Crippen LogP contribution is -2.27. The maximum absolute atomic E-state index is 12.6. The van der Waals surface area contributed by atoms with Crippen LogP contribution in [0, 0.1) is 10.1 Å². The standard InChI is InChI=1S/C15H11ClF3NO4.C12H18N2O/c1-2-23-14-8-10(4-5-12(14)20(21)22)24-13-6-3-9(7-11(13)16)15(17,18)19;1-9(2)10-5-7-11(8-6-10)13-12(15)14(3)4/h3-8H,2H2,1H3;5-9H,1-4H3,(H,13,15). The summed E-state index contributed by atoms with van der Waals surface area (Å²) in [5, 5.41) is 13.5. The van der Waals surface area contributed by atoms with Gasteiger partial charge in [0.05, 0.1) is 22.1 Å².